The van der Waals surface area contributed by atoms with Gasteiger partial charge in [-0.2, -0.15) is 0 Å². The molecule has 0 fully saturated rings. The first-order chi connectivity index (χ1) is 9.61. The molecule has 2 aromatic rings. The maximum absolute atomic E-state index is 5.35. The number of ether oxygens (including phenoxy) is 1. The summed E-state index contributed by atoms with van der Waals surface area (Å²) in [6.45, 7) is 4.38. The molecule has 0 spiro atoms. The minimum absolute atomic E-state index is 0.00792. The van der Waals surface area contributed by atoms with Crippen LogP contribution >= 0.6 is 0 Å². The van der Waals surface area contributed by atoms with Gasteiger partial charge in [0.1, 0.15) is 5.69 Å². The number of benzene rings is 1. The predicted molar refractivity (Wildman–Crippen MR) is 79.9 cm³/mol. The monoisotopic (exact) mass is 271 g/mol. The van der Waals surface area contributed by atoms with Crippen LogP contribution in [-0.2, 0) is 5.41 Å². The van der Waals surface area contributed by atoms with Crippen molar-refractivity contribution in [1.29, 1.82) is 0 Å². The van der Waals surface area contributed by atoms with Crippen LogP contribution in [0.5, 0.6) is 5.88 Å². The number of hydrogen-bond acceptors (Lipinski definition) is 4. The molecule has 0 aliphatic carbocycles. The highest BCUT2D eigenvalue weighted by Crippen LogP contribution is 2.38. The standard InChI is InChI=1S/C16H21N3O/c1-16(2,12-8-6-5-7-9-12)14(17-3)13-15(20-4)19-11-10-18-13/h5-11,14,17H,1-4H3. The van der Waals surface area contributed by atoms with Gasteiger partial charge in [-0.1, -0.05) is 44.2 Å². The Labute approximate surface area is 120 Å². The number of nitrogens with one attached hydrogen (secondary N) is 1. The lowest BCUT2D eigenvalue weighted by Gasteiger charge is -2.34. The molecule has 0 amide bonds. The van der Waals surface area contributed by atoms with E-state index in [2.05, 4.69) is 53.4 Å². The van der Waals surface area contributed by atoms with Gasteiger partial charge in [0, 0.05) is 17.8 Å². The second kappa shape index (κ2) is 6.01. The van der Waals surface area contributed by atoms with Crippen LogP contribution in [0.3, 0.4) is 0 Å². The summed E-state index contributed by atoms with van der Waals surface area (Å²) in [5, 5.41) is 3.35. The Morgan fingerprint density at radius 1 is 1.10 bits per heavy atom. The van der Waals surface area contributed by atoms with Crippen molar-refractivity contribution in [3.05, 3.63) is 54.0 Å². The first-order valence-corrected chi connectivity index (χ1v) is 6.69. The van der Waals surface area contributed by atoms with Crippen molar-refractivity contribution in [2.75, 3.05) is 14.2 Å². The van der Waals surface area contributed by atoms with Crippen LogP contribution in [0, 0.1) is 0 Å². The number of methoxy groups -OCH3 is 1. The molecule has 4 nitrogen and oxygen atoms in total. The van der Waals surface area contributed by atoms with Crippen LogP contribution in [0.2, 0.25) is 0 Å². The van der Waals surface area contributed by atoms with Crippen molar-refractivity contribution in [3.63, 3.8) is 0 Å². The van der Waals surface area contributed by atoms with Crippen molar-refractivity contribution >= 4 is 0 Å². The molecule has 0 saturated heterocycles. The van der Waals surface area contributed by atoms with Gasteiger partial charge >= 0.3 is 0 Å². The first-order valence-electron chi connectivity index (χ1n) is 6.69. The quantitative estimate of drug-likeness (QED) is 0.908. The molecular weight excluding hydrogens is 250 g/mol. The average molecular weight is 271 g/mol. The Morgan fingerprint density at radius 2 is 1.75 bits per heavy atom. The van der Waals surface area contributed by atoms with Gasteiger partial charge in [0.25, 0.3) is 0 Å². The Hall–Kier alpha value is -1.94. The number of likely N-dealkylation sites (N-methyl/N-ethyl adjacent to an activating group) is 1. The topological polar surface area (TPSA) is 47.0 Å². The summed E-state index contributed by atoms with van der Waals surface area (Å²) in [4.78, 5) is 8.71. The zero-order chi connectivity index (χ0) is 14.6. The van der Waals surface area contributed by atoms with Crippen molar-refractivity contribution in [1.82, 2.24) is 15.3 Å². The second-order valence-corrected chi connectivity index (χ2v) is 5.26. The van der Waals surface area contributed by atoms with Crippen LogP contribution in [0.1, 0.15) is 31.1 Å². The lowest BCUT2D eigenvalue weighted by atomic mass is 9.76. The van der Waals surface area contributed by atoms with E-state index in [9.17, 15) is 0 Å². The van der Waals surface area contributed by atoms with Crippen LogP contribution in [0.4, 0.5) is 0 Å². The normalized spacial score (nSPS) is 13.0. The summed E-state index contributed by atoms with van der Waals surface area (Å²) < 4.78 is 5.35. The first kappa shape index (κ1) is 14.5. The van der Waals surface area contributed by atoms with Crippen molar-refractivity contribution < 1.29 is 4.74 Å². The lowest BCUT2D eigenvalue weighted by Crippen LogP contribution is -2.36. The summed E-state index contributed by atoms with van der Waals surface area (Å²) in [6.07, 6.45) is 3.34. The SMILES string of the molecule is CNC(c1nccnc1OC)C(C)(C)c1ccccc1. The molecule has 4 heteroatoms. The summed E-state index contributed by atoms with van der Waals surface area (Å²) in [5.74, 6) is 0.566. The van der Waals surface area contributed by atoms with E-state index in [1.807, 2.05) is 13.1 Å². The number of hydrogen-bond donors (Lipinski definition) is 1. The number of aromatic nitrogens is 2. The van der Waals surface area contributed by atoms with Gasteiger partial charge < -0.3 is 10.1 Å². The van der Waals surface area contributed by atoms with Gasteiger partial charge in [0.05, 0.1) is 13.2 Å². The largest absolute Gasteiger partial charge is 0.480 e. The Morgan fingerprint density at radius 3 is 2.35 bits per heavy atom. The van der Waals surface area contributed by atoms with E-state index in [0.29, 0.717) is 5.88 Å². The third-order valence-corrected chi connectivity index (χ3v) is 3.69. The molecule has 0 saturated carbocycles. The average Bonchev–Trinajstić information content (AvgIpc) is 2.49. The van der Waals surface area contributed by atoms with E-state index in [1.54, 1.807) is 19.5 Å². The third-order valence-electron chi connectivity index (χ3n) is 3.69. The fraction of sp³-hybridized carbons (Fsp3) is 0.375. The maximum atomic E-state index is 5.35. The van der Waals surface area contributed by atoms with E-state index in [-0.39, 0.29) is 11.5 Å². The molecular formula is C16H21N3O. The summed E-state index contributed by atoms with van der Waals surface area (Å²) in [6, 6.07) is 10.4. The number of nitrogens with zero attached hydrogens (tertiary/aromatic N) is 2. The summed E-state index contributed by atoms with van der Waals surface area (Å²) in [5.41, 5.74) is 1.93. The zero-order valence-corrected chi connectivity index (χ0v) is 12.4. The summed E-state index contributed by atoms with van der Waals surface area (Å²) >= 11 is 0. The van der Waals surface area contributed by atoms with Crippen molar-refractivity contribution in [2.24, 2.45) is 0 Å². The zero-order valence-electron chi connectivity index (χ0n) is 12.4. The molecule has 2 rings (SSSR count). The molecule has 20 heavy (non-hydrogen) atoms. The van der Waals surface area contributed by atoms with Gasteiger partial charge in [-0.15, -0.1) is 0 Å². The van der Waals surface area contributed by atoms with E-state index in [4.69, 9.17) is 4.74 Å². The maximum Gasteiger partial charge on any atom is 0.237 e. The Bertz CT molecular complexity index is 555. The molecule has 1 aromatic carbocycles. The smallest absolute Gasteiger partial charge is 0.237 e. The van der Waals surface area contributed by atoms with Crippen molar-refractivity contribution in [3.8, 4) is 5.88 Å². The van der Waals surface area contributed by atoms with Crippen LogP contribution in [-0.4, -0.2) is 24.1 Å². The molecule has 1 aromatic heterocycles. The fourth-order valence-electron chi connectivity index (χ4n) is 2.57. The van der Waals surface area contributed by atoms with E-state index >= 15 is 0 Å². The van der Waals surface area contributed by atoms with Gasteiger partial charge in [0.15, 0.2) is 0 Å². The van der Waals surface area contributed by atoms with Gasteiger partial charge in [-0.25, -0.2) is 4.98 Å². The Balaban J connectivity index is 2.46. The van der Waals surface area contributed by atoms with Crippen LogP contribution in [0.15, 0.2) is 42.7 Å². The molecule has 1 unspecified atom stereocenters. The van der Waals surface area contributed by atoms with Crippen LogP contribution in [0.25, 0.3) is 0 Å². The van der Waals surface area contributed by atoms with Gasteiger partial charge in [-0.3, -0.25) is 4.98 Å². The number of rotatable bonds is 5. The highest BCUT2D eigenvalue weighted by Gasteiger charge is 2.34. The lowest BCUT2D eigenvalue weighted by molar-refractivity contribution is 0.329. The minimum Gasteiger partial charge on any atom is -0.480 e. The van der Waals surface area contributed by atoms with Crippen LogP contribution < -0.4 is 10.1 Å². The minimum atomic E-state index is -0.140. The molecule has 0 radical (unpaired) electrons. The molecule has 1 heterocycles. The molecule has 0 aliphatic heterocycles. The molecule has 106 valence electrons. The molecule has 1 N–H and O–H groups in total. The van der Waals surface area contributed by atoms with E-state index < -0.39 is 0 Å². The van der Waals surface area contributed by atoms with Crippen molar-refractivity contribution in [2.45, 2.75) is 25.3 Å². The fourth-order valence-corrected chi connectivity index (χ4v) is 2.57. The second-order valence-electron chi connectivity index (χ2n) is 5.26. The Kier molecular flexibility index (Phi) is 4.35. The van der Waals surface area contributed by atoms with E-state index in [1.165, 1.54) is 5.56 Å². The van der Waals surface area contributed by atoms with E-state index in [0.717, 1.165) is 5.69 Å². The van der Waals surface area contributed by atoms with Gasteiger partial charge in [0.2, 0.25) is 5.88 Å². The molecule has 0 bridgehead atoms. The highest BCUT2D eigenvalue weighted by molar-refractivity contribution is 5.32. The third kappa shape index (κ3) is 2.65. The predicted octanol–water partition coefficient (Wildman–Crippen LogP) is 2.72. The highest BCUT2D eigenvalue weighted by atomic mass is 16.5. The van der Waals surface area contributed by atoms with Gasteiger partial charge in [-0.05, 0) is 12.6 Å². The summed E-state index contributed by atoms with van der Waals surface area (Å²) in [7, 11) is 3.55. The molecule has 0 aliphatic rings. The molecule has 1 atom stereocenters.